The lowest BCUT2D eigenvalue weighted by molar-refractivity contribution is 0.395. The van der Waals surface area contributed by atoms with Crippen LogP contribution in [-0.4, -0.2) is 29.2 Å². The molecule has 0 radical (unpaired) electrons. The van der Waals surface area contributed by atoms with Gasteiger partial charge in [0.05, 0.1) is 24.8 Å². The first kappa shape index (κ1) is 22.6. The van der Waals surface area contributed by atoms with Crippen molar-refractivity contribution in [1.82, 2.24) is 15.0 Å². The lowest BCUT2D eigenvalue weighted by atomic mass is 10.0. The Bertz CT molecular complexity index is 1530. The summed E-state index contributed by atoms with van der Waals surface area (Å²) in [4.78, 5) is 13.7. The van der Waals surface area contributed by atoms with Gasteiger partial charge in [-0.15, -0.1) is 0 Å². The third-order valence-corrected chi connectivity index (χ3v) is 5.81. The Kier molecular flexibility index (Phi) is 6.16. The molecular formula is C27H20ClFN4O2. The van der Waals surface area contributed by atoms with E-state index >= 15 is 0 Å². The van der Waals surface area contributed by atoms with Gasteiger partial charge in [-0.1, -0.05) is 17.7 Å². The van der Waals surface area contributed by atoms with Crippen molar-refractivity contribution in [3.05, 3.63) is 90.0 Å². The van der Waals surface area contributed by atoms with Crippen LogP contribution in [0.15, 0.2) is 79.1 Å². The maximum absolute atomic E-state index is 13.7. The van der Waals surface area contributed by atoms with Crippen LogP contribution in [0, 0.1) is 5.82 Å². The summed E-state index contributed by atoms with van der Waals surface area (Å²) in [5.74, 6) is 1.94. The zero-order valence-corrected chi connectivity index (χ0v) is 19.7. The van der Waals surface area contributed by atoms with Crippen molar-refractivity contribution in [2.24, 2.45) is 0 Å². The molecule has 6 nitrogen and oxygen atoms in total. The first-order valence-electron chi connectivity index (χ1n) is 10.7. The molecule has 5 rings (SSSR count). The van der Waals surface area contributed by atoms with Gasteiger partial charge in [0.25, 0.3) is 0 Å². The van der Waals surface area contributed by atoms with Crippen molar-refractivity contribution in [2.75, 3.05) is 19.5 Å². The molecule has 5 aromatic rings. The highest BCUT2D eigenvalue weighted by Gasteiger charge is 2.14. The predicted octanol–water partition coefficient (Wildman–Crippen LogP) is 6.91. The van der Waals surface area contributed by atoms with Crippen LogP contribution in [0.3, 0.4) is 0 Å². The average molecular weight is 487 g/mol. The SMILES string of the molecule is COc1ccc(-c2ccc3nc(-c4cccnc4)nc(Nc4ccc(F)c(Cl)c4)c3c2)c(OC)c1. The number of nitrogens with zero attached hydrogens (tertiary/aromatic N) is 3. The monoisotopic (exact) mass is 486 g/mol. The van der Waals surface area contributed by atoms with Gasteiger partial charge in [-0.3, -0.25) is 4.98 Å². The van der Waals surface area contributed by atoms with E-state index in [4.69, 9.17) is 31.0 Å². The third kappa shape index (κ3) is 4.58. The van der Waals surface area contributed by atoms with Crippen LogP contribution in [-0.2, 0) is 0 Å². The summed E-state index contributed by atoms with van der Waals surface area (Å²) in [6.45, 7) is 0. The highest BCUT2D eigenvalue weighted by Crippen LogP contribution is 2.37. The summed E-state index contributed by atoms with van der Waals surface area (Å²) in [5, 5.41) is 4.07. The molecule has 0 unspecified atom stereocenters. The number of halogens is 2. The molecule has 0 amide bonds. The molecule has 2 heterocycles. The molecule has 35 heavy (non-hydrogen) atoms. The molecule has 0 spiro atoms. The van der Waals surface area contributed by atoms with Crippen LogP contribution in [0.2, 0.25) is 5.02 Å². The van der Waals surface area contributed by atoms with Crippen molar-refractivity contribution in [2.45, 2.75) is 0 Å². The maximum Gasteiger partial charge on any atom is 0.163 e. The molecule has 0 bridgehead atoms. The van der Waals surface area contributed by atoms with Gasteiger partial charge in [0.1, 0.15) is 23.1 Å². The highest BCUT2D eigenvalue weighted by atomic mass is 35.5. The molecule has 0 saturated heterocycles. The molecule has 0 aliphatic carbocycles. The summed E-state index contributed by atoms with van der Waals surface area (Å²) >= 11 is 6.01. The maximum atomic E-state index is 13.7. The first-order valence-corrected chi connectivity index (χ1v) is 11.1. The Morgan fingerprint density at radius 1 is 0.886 bits per heavy atom. The van der Waals surface area contributed by atoms with Gasteiger partial charge >= 0.3 is 0 Å². The van der Waals surface area contributed by atoms with E-state index in [0.29, 0.717) is 28.8 Å². The largest absolute Gasteiger partial charge is 0.497 e. The van der Waals surface area contributed by atoms with Gasteiger partial charge < -0.3 is 14.8 Å². The normalized spacial score (nSPS) is 10.9. The van der Waals surface area contributed by atoms with Gasteiger partial charge in [-0.2, -0.15) is 0 Å². The van der Waals surface area contributed by atoms with E-state index in [0.717, 1.165) is 27.6 Å². The molecule has 0 fully saturated rings. The summed E-state index contributed by atoms with van der Waals surface area (Å²) in [5.41, 5.74) is 3.90. The van der Waals surface area contributed by atoms with Gasteiger partial charge in [-0.05, 0) is 60.2 Å². The van der Waals surface area contributed by atoms with E-state index in [1.54, 1.807) is 32.7 Å². The molecule has 8 heteroatoms. The number of anilines is 2. The molecule has 0 saturated carbocycles. The fraction of sp³-hybridized carbons (Fsp3) is 0.0741. The molecule has 1 N–H and O–H groups in total. The van der Waals surface area contributed by atoms with E-state index in [1.807, 2.05) is 48.5 Å². The quantitative estimate of drug-likeness (QED) is 0.281. The number of aromatic nitrogens is 3. The van der Waals surface area contributed by atoms with E-state index < -0.39 is 5.82 Å². The number of pyridine rings is 1. The Hall–Kier alpha value is -4.23. The summed E-state index contributed by atoms with van der Waals surface area (Å²) in [7, 11) is 3.23. The van der Waals surface area contributed by atoms with Crippen molar-refractivity contribution >= 4 is 34.0 Å². The van der Waals surface area contributed by atoms with Gasteiger partial charge in [-0.25, -0.2) is 14.4 Å². The van der Waals surface area contributed by atoms with E-state index in [9.17, 15) is 4.39 Å². The molecule has 3 aromatic carbocycles. The second kappa shape index (κ2) is 9.56. The summed E-state index contributed by atoms with van der Waals surface area (Å²) in [6.07, 6.45) is 3.40. The average Bonchev–Trinajstić information content (AvgIpc) is 2.90. The number of fused-ring (bicyclic) bond motifs is 1. The van der Waals surface area contributed by atoms with Crippen LogP contribution in [0.1, 0.15) is 0 Å². The van der Waals surface area contributed by atoms with Crippen LogP contribution >= 0.6 is 11.6 Å². The summed E-state index contributed by atoms with van der Waals surface area (Å²) in [6, 6.07) is 19.7. The second-order valence-electron chi connectivity index (χ2n) is 7.69. The van der Waals surface area contributed by atoms with Crippen LogP contribution in [0.4, 0.5) is 15.9 Å². The molecule has 174 valence electrons. The minimum absolute atomic E-state index is 0.0181. The molecule has 0 aliphatic heterocycles. The Balaban J connectivity index is 1.68. The van der Waals surface area contributed by atoms with Gasteiger partial charge in [0, 0.05) is 40.7 Å². The lowest BCUT2D eigenvalue weighted by Crippen LogP contribution is -2.00. The van der Waals surface area contributed by atoms with Crippen LogP contribution in [0.5, 0.6) is 11.5 Å². The molecular weight excluding hydrogens is 467 g/mol. The molecule has 0 atom stereocenters. The number of nitrogens with one attached hydrogen (secondary N) is 1. The predicted molar refractivity (Wildman–Crippen MR) is 136 cm³/mol. The van der Waals surface area contributed by atoms with Crippen molar-refractivity contribution in [1.29, 1.82) is 0 Å². The van der Waals surface area contributed by atoms with Crippen LogP contribution in [0.25, 0.3) is 33.4 Å². The Labute approximate surface area is 206 Å². The smallest absolute Gasteiger partial charge is 0.163 e. The van der Waals surface area contributed by atoms with Crippen molar-refractivity contribution < 1.29 is 13.9 Å². The van der Waals surface area contributed by atoms with Gasteiger partial charge in [0.2, 0.25) is 0 Å². The summed E-state index contributed by atoms with van der Waals surface area (Å²) < 4.78 is 24.7. The number of rotatable bonds is 6. The second-order valence-corrected chi connectivity index (χ2v) is 8.10. The molecule has 2 aromatic heterocycles. The zero-order chi connectivity index (χ0) is 24.4. The zero-order valence-electron chi connectivity index (χ0n) is 18.9. The lowest BCUT2D eigenvalue weighted by Gasteiger charge is -2.14. The first-order chi connectivity index (χ1) is 17.1. The van der Waals surface area contributed by atoms with E-state index in [2.05, 4.69) is 10.3 Å². The van der Waals surface area contributed by atoms with Crippen molar-refractivity contribution in [3.8, 4) is 34.0 Å². The van der Waals surface area contributed by atoms with E-state index in [1.165, 1.54) is 12.1 Å². The van der Waals surface area contributed by atoms with Gasteiger partial charge in [0.15, 0.2) is 5.82 Å². The Morgan fingerprint density at radius 3 is 2.51 bits per heavy atom. The standard InChI is InChI=1S/C27H20ClFN4O2/c1-34-19-7-8-20(25(14-19)35-2)16-5-10-24-21(12-16)27(31-18-6-9-23(29)22(28)13-18)33-26(32-24)17-4-3-11-30-15-17/h3-15H,1-2H3,(H,31,32,33). The topological polar surface area (TPSA) is 69.2 Å². The fourth-order valence-electron chi connectivity index (χ4n) is 3.76. The minimum atomic E-state index is -0.491. The number of ether oxygens (including phenoxy) is 2. The number of benzene rings is 3. The fourth-order valence-corrected chi connectivity index (χ4v) is 3.94. The number of methoxy groups -OCH3 is 2. The minimum Gasteiger partial charge on any atom is -0.497 e. The number of hydrogen-bond donors (Lipinski definition) is 1. The highest BCUT2D eigenvalue weighted by molar-refractivity contribution is 6.31. The number of hydrogen-bond acceptors (Lipinski definition) is 6. The molecule has 0 aliphatic rings. The third-order valence-electron chi connectivity index (χ3n) is 5.52. The Morgan fingerprint density at radius 2 is 1.77 bits per heavy atom. The van der Waals surface area contributed by atoms with E-state index in [-0.39, 0.29) is 5.02 Å². The van der Waals surface area contributed by atoms with Crippen LogP contribution < -0.4 is 14.8 Å². The van der Waals surface area contributed by atoms with Crippen molar-refractivity contribution in [3.63, 3.8) is 0 Å².